The number of amides is 1. The molecule has 1 aliphatic rings. The Kier molecular flexibility index (Phi) is 4.73. The molecule has 1 fully saturated rings. The lowest BCUT2D eigenvalue weighted by Gasteiger charge is -2.31. The number of fused-ring (bicyclic) bond motifs is 1. The highest BCUT2D eigenvalue weighted by molar-refractivity contribution is 5.80. The number of aryl methyl sites for hydroxylation is 1. The number of hydrogen-bond acceptors (Lipinski definition) is 3. The van der Waals surface area contributed by atoms with E-state index in [0.717, 1.165) is 50.0 Å². The van der Waals surface area contributed by atoms with Gasteiger partial charge in [0.05, 0.1) is 5.69 Å². The van der Waals surface area contributed by atoms with Crippen LogP contribution in [0.25, 0.3) is 11.0 Å². The van der Waals surface area contributed by atoms with Gasteiger partial charge in [-0.05, 0) is 43.5 Å². The average molecular weight is 355 g/mol. The second kappa shape index (κ2) is 7.32. The standard InChI is InChI=1S/C20H22FN3O2/c21-16-5-6-17-18(14-16)26-22-20(17)15-7-12-24(13-8-15)19(25)4-3-11-23-9-1-2-10-23/h1-2,5-6,9-10,14-15H,3-4,7-8,11-13H2. The molecule has 5 nitrogen and oxygen atoms in total. The van der Waals surface area contributed by atoms with Gasteiger partial charge >= 0.3 is 0 Å². The molecule has 26 heavy (non-hydrogen) atoms. The molecule has 0 spiro atoms. The minimum absolute atomic E-state index is 0.225. The van der Waals surface area contributed by atoms with E-state index in [1.54, 1.807) is 6.07 Å². The van der Waals surface area contributed by atoms with Crippen molar-refractivity contribution in [2.45, 2.75) is 38.1 Å². The first-order chi connectivity index (χ1) is 12.7. The summed E-state index contributed by atoms with van der Waals surface area (Å²) in [4.78, 5) is 14.4. The zero-order valence-electron chi connectivity index (χ0n) is 14.6. The summed E-state index contributed by atoms with van der Waals surface area (Å²) in [5.74, 6) is 0.161. The third-order valence-corrected chi connectivity index (χ3v) is 5.17. The van der Waals surface area contributed by atoms with E-state index in [2.05, 4.69) is 9.72 Å². The van der Waals surface area contributed by atoms with E-state index in [4.69, 9.17) is 4.52 Å². The van der Waals surface area contributed by atoms with Crippen LogP contribution in [0.2, 0.25) is 0 Å². The molecule has 0 radical (unpaired) electrons. The Morgan fingerprint density at radius 1 is 1.23 bits per heavy atom. The van der Waals surface area contributed by atoms with Gasteiger partial charge in [-0.2, -0.15) is 0 Å². The highest BCUT2D eigenvalue weighted by atomic mass is 19.1. The predicted octanol–water partition coefficient (Wildman–Crippen LogP) is 3.95. The molecule has 0 atom stereocenters. The summed E-state index contributed by atoms with van der Waals surface area (Å²) in [6.07, 6.45) is 7.20. The second-order valence-corrected chi connectivity index (χ2v) is 6.89. The van der Waals surface area contributed by atoms with E-state index in [1.165, 1.54) is 12.1 Å². The van der Waals surface area contributed by atoms with E-state index in [-0.39, 0.29) is 17.6 Å². The number of aromatic nitrogens is 2. The molecule has 1 aliphatic heterocycles. The summed E-state index contributed by atoms with van der Waals surface area (Å²) in [5, 5.41) is 5.04. The number of piperidine rings is 1. The van der Waals surface area contributed by atoms with Crippen molar-refractivity contribution in [3.8, 4) is 0 Å². The van der Waals surface area contributed by atoms with Gasteiger partial charge in [-0.15, -0.1) is 0 Å². The van der Waals surface area contributed by atoms with Gasteiger partial charge in [0.2, 0.25) is 5.91 Å². The van der Waals surface area contributed by atoms with Gasteiger partial charge in [0.1, 0.15) is 5.82 Å². The van der Waals surface area contributed by atoms with E-state index >= 15 is 0 Å². The Balaban J connectivity index is 1.31. The molecule has 1 amide bonds. The lowest BCUT2D eigenvalue weighted by atomic mass is 9.91. The topological polar surface area (TPSA) is 51.3 Å². The molecule has 3 heterocycles. The lowest BCUT2D eigenvalue weighted by Crippen LogP contribution is -2.38. The molecule has 0 saturated carbocycles. The van der Waals surface area contributed by atoms with Gasteiger partial charge < -0.3 is 14.0 Å². The van der Waals surface area contributed by atoms with Crippen molar-refractivity contribution in [2.75, 3.05) is 13.1 Å². The number of hydrogen-bond donors (Lipinski definition) is 0. The smallest absolute Gasteiger partial charge is 0.222 e. The van der Waals surface area contributed by atoms with Crippen molar-refractivity contribution >= 4 is 16.9 Å². The minimum atomic E-state index is -0.319. The van der Waals surface area contributed by atoms with Crippen LogP contribution in [-0.2, 0) is 11.3 Å². The number of halogens is 1. The van der Waals surface area contributed by atoms with E-state index in [1.807, 2.05) is 29.4 Å². The first kappa shape index (κ1) is 16.8. The van der Waals surface area contributed by atoms with Crippen LogP contribution in [0.3, 0.4) is 0 Å². The third-order valence-electron chi connectivity index (χ3n) is 5.17. The van der Waals surface area contributed by atoms with Gasteiger partial charge in [-0.25, -0.2) is 4.39 Å². The van der Waals surface area contributed by atoms with Crippen molar-refractivity contribution in [1.29, 1.82) is 0 Å². The van der Waals surface area contributed by atoms with Crippen molar-refractivity contribution in [3.63, 3.8) is 0 Å². The third kappa shape index (κ3) is 3.49. The zero-order valence-corrected chi connectivity index (χ0v) is 14.6. The average Bonchev–Trinajstić information content (AvgIpc) is 3.31. The maximum atomic E-state index is 13.3. The molecule has 4 rings (SSSR count). The van der Waals surface area contributed by atoms with Crippen LogP contribution >= 0.6 is 0 Å². The van der Waals surface area contributed by atoms with Crippen LogP contribution in [0.15, 0.2) is 47.2 Å². The first-order valence-corrected chi connectivity index (χ1v) is 9.14. The Morgan fingerprint density at radius 2 is 2.00 bits per heavy atom. The van der Waals surface area contributed by atoms with Crippen LogP contribution in [0.5, 0.6) is 0 Å². The van der Waals surface area contributed by atoms with Gasteiger partial charge in [-0.1, -0.05) is 5.16 Å². The number of benzene rings is 1. The van der Waals surface area contributed by atoms with Crippen LogP contribution < -0.4 is 0 Å². The Hall–Kier alpha value is -2.63. The molecule has 136 valence electrons. The van der Waals surface area contributed by atoms with Crippen LogP contribution in [0.4, 0.5) is 4.39 Å². The molecule has 0 N–H and O–H groups in total. The first-order valence-electron chi connectivity index (χ1n) is 9.14. The summed E-state index contributed by atoms with van der Waals surface area (Å²) in [6.45, 7) is 2.35. The fourth-order valence-corrected chi connectivity index (χ4v) is 3.72. The van der Waals surface area contributed by atoms with Gasteiger partial charge in [0.25, 0.3) is 0 Å². The van der Waals surface area contributed by atoms with Crippen LogP contribution in [0, 0.1) is 5.82 Å². The van der Waals surface area contributed by atoms with Crippen LogP contribution in [-0.4, -0.2) is 33.6 Å². The SMILES string of the molecule is O=C(CCCn1cccc1)N1CCC(c2noc3cc(F)ccc23)CC1. The summed E-state index contributed by atoms with van der Waals surface area (Å²) >= 11 is 0. The molecule has 0 aliphatic carbocycles. The normalized spacial score (nSPS) is 15.7. The molecule has 0 unspecified atom stereocenters. The Bertz CT molecular complexity index is 880. The summed E-state index contributed by atoms with van der Waals surface area (Å²) in [7, 11) is 0. The van der Waals surface area contributed by atoms with E-state index < -0.39 is 0 Å². The summed E-state index contributed by atoms with van der Waals surface area (Å²) < 4.78 is 20.7. The van der Waals surface area contributed by atoms with Crippen LogP contribution in [0.1, 0.15) is 37.3 Å². The van der Waals surface area contributed by atoms with Crippen molar-refractivity contribution in [2.24, 2.45) is 0 Å². The molecule has 2 aromatic heterocycles. The van der Waals surface area contributed by atoms with Crippen molar-refractivity contribution in [1.82, 2.24) is 14.6 Å². The van der Waals surface area contributed by atoms with Crippen molar-refractivity contribution in [3.05, 3.63) is 54.2 Å². The number of nitrogens with zero attached hydrogens (tertiary/aromatic N) is 3. The van der Waals surface area contributed by atoms with E-state index in [9.17, 15) is 9.18 Å². The monoisotopic (exact) mass is 355 g/mol. The molecule has 1 aromatic carbocycles. The number of carbonyl (C=O) groups is 1. The lowest BCUT2D eigenvalue weighted by molar-refractivity contribution is -0.132. The maximum Gasteiger partial charge on any atom is 0.222 e. The fourth-order valence-electron chi connectivity index (χ4n) is 3.72. The molecule has 1 saturated heterocycles. The highest BCUT2D eigenvalue weighted by Crippen LogP contribution is 2.32. The van der Waals surface area contributed by atoms with E-state index in [0.29, 0.717) is 12.0 Å². The van der Waals surface area contributed by atoms with Gasteiger partial charge in [0.15, 0.2) is 5.58 Å². The molecule has 3 aromatic rings. The van der Waals surface area contributed by atoms with Crippen molar-refractivity contribution < 1.29 is 13.7 Å². The summed E-state index contributed by atoms with van der Waals surface area (Å²) in [5.41, 5.74) is 1.38. The number of likely N-dealkylation sites (tertiary alicyclic amines) is 1. The fraction of sp³-hybridized carbons (Fsp3) is 0.400. The Labute approximate surface area is 151 Å². The van der Waals surface area contributed by atoms with Gasteiger partial charge in [0, 0.05) is 55.8 Å². The molecule has 0 bridgehead atoms. The quantitative estimate of drug-likeness (QED) is 0.696. The maximum absolute atomic E-state index is 13.3. The molecular formula is C20H22FN3O2. The molecular weight excluding hydrogens is 333 g/mol. The second-order valence-electron chi connectivity index (χ2n) is 6.89. The zero-order chi connectivity index (χ0) is 17.9. The Morgan fingerprint density at radius 3 is 2.77 bits per heavy atom. The number of carbonyl (C=O) groups excluding carboxylic acids is 1. The minimum Gasteiger partial charge on any atom is -0.356 e. The highest BCUT2D eigenvalue weighted by Gasteiger charge is 2.27. The number of rotatable bonds is 5. The predicted molar refractivity (Wildman–Crippen MR) is 96.2 cm³/mol. The molecule has 6 heteroatoms. The summed E-state index contributed by atoms with van der Waals surface area (Å²) in [6, 6.07) is 8.53. The largest absolute Gasteiger partial charge is 0.356 e. The van der Waals surface area contributed by atoms with Gasteiger partial charge in [-0.3, -0.25) is 4.79 Å².